The molecule has 0 bridgehead atoms. The van der Waals surface area contributed by atoms with Crippen molar-refractivity contribution in [1.29, 1.82) is 10.8 Å². The smallest absolute Gasteiger partial charge is 0.449 e. The fourth-order valence-corrected chi connectivity index (χ4v) is 3.47. The van der Waals surface area contributed by atoms with Crippen molar-refractivity contribution in [3.8, 4) is 0 Å². The molecule has 0 radical (unpaired) electrons. The van der Waals surface area contributed by atoms with Gasteiger partial charge < -0.3 is 5.11 Å². The number of aryl methyl sites for hydroxylation is 1. The van der Waals surface area contributed by atoms with E-state index in [1.54, 1.807) is 30.3 Å². The maximum atomic E-state index is 13.2. The molecule has 0 aliphatic carbocycles. The molecular formula is C19H15F3N4O2S. The van der Waals surface area contributed by atoms with Crippen molar-refractivity contribution in [1.82, 2.24) is 9.55 Å². The Hall–Kier alpha value is -3.14. The van der Waals surface area contributed by atoms with Crippen LogP contribution < -0.4 is 5.49 Å². The minimum absolute atomic E-state index is 0.00482. The molecule has 0 atom stereocenters. The molecule has 0 amide bonds. The van der Waals surface area contributed by atoms with Crippen molar-refractivity contribution >= 4 is 34.6 Å². The first-order valence-corrected chi connectivity index (χ1v) is 9.19. The Balaban J connectivity index is 2.00. The highest BCUT2D eigenvalue weighted by atomic mass is 32.2. The standard InChI is InChI=1S/C19H15F3N4O2S/c20-19(21,22)18(24)26-14-4-2-1-3-13(14)25-17(16(26)23)29-12-8-5-11(6-9-12)7-10-15(27)28/h1-6,8-9,23-24H,7,10H2,(H,27,28). The maximum Gasteiger partial charge on any atom is 0.449 e. The average molecular weight is 420 g/mol. The van der Waals surface area contributed by atoms with E-state index in [1.807, 2.05) is 0 Å². The van der Waals surface area contributed by atoms with Gasteiger partial charge in [-0.2, -0.15) is 13.2 Å². The number of carbonyl (C=O) groups is 1. The molecule has 1 aromatic heterocycles. The molecule has 3 aromatic rings. The minimum Gasteiger partial charge on any atom is -0.481 e. The number of hydrogen-bond donors (Lipinski definition) is 3. The average Bonchev–Trinajstić information content (AvgIpc) is 2.67. The van der Waals surface area contributed by atoms with E-state index in [1.165, 1.54) is 18.2 Å². The molecule has 3 N–H and O–H groups in total. The largest absolute Gasteiger partial charge is 0.481 e. The van der Waals surface area contributed by atoms with Crippen molar-refractivity contribution in [3.63, 3.8) is 0 Å². The van der Waals surface area contributed by atoms with Crippen LogP contribution in [0.5, 0.6) is 0 Å². The van der Waals surface area contributed by atoms with Gasteiger partial charge in [0.05, 0.1) is 11.0 Å². The van der Waals surface area contributed by atoms with Gasteiger partial charge in [0.15, 0.2) is 5.49 Å². The van der Waals surface area contributed by atoms with Gasteiger partial charge in [0.2, 0.25) is 5.84 Å². The number of carboxylic acids is 1. The molecule has 0 saturated heterocycles. The summed E-state index contributed by atoms with van der Waals surface area (Å²) >= 11 is 1.00. The Morgan fingerprint density at radius 3 is 2.41 bits per heavy atom. The molecule has 29 heavy (non-hydrogen) atoms. The Kier molecular flexibility index (Phi) is 5.73. The van der Waals surface area contributed by atoms with Gasteiger partial charge in [-0.3, -0.25) is 20.2 Å². The van der Waals surface area contributed by atoms with Gasteiger partial charge in [0, 0.05) is 11.3 Å². The molecular weight excluding hydrogens is 405 g/mol. The number of aromatic nitrogens is 2. The highest BCUT2D eigenvalue weighted by molar-refractivity contribution is 7.99. The van der Waals surface area contributed by atoms with Crippen molar-refractivity contribution in [3.05, 3.63) is 59.6 Å². The van der Waals surface area contributed by atoms with Crippen LogP contribution in [0.1, 0.15) is 12.0 Å². The van der Waals surface area contributed by atoms with Crippen molar-refractivity contribution < 1.29 is 23.1 Å². The summed E-state index contributed by atoms with van der Waals surface area (Å²) in [6.45, 7) is 0. The first-order chi connectivity index (χ1) is 13.7. The number of benzene rings is 2. The molecule has 150 valence electrons. The lowest BCUT2D eigenvalue weighted by atomic mass is 10.1. The second kappa shape index (κ2) is 8.08. The number of carboxylic acid groups (broad SMARTS) is 1. The number of halogens is 3. The van der Waals surface area contributed by atoms with E-state index in [4.69, 9.17) is 15.9 Å². The molecule has 0 fully saturated rings. The SMILES string of the molecule is N=C(n1c(=N)c(Sc2ccc(CCC(=O)O)cc2)nc2ccccc21)C(F)(F)F. The number of fused-ring (bicyclic) bond motifs is 1. The van der Waals surface area contributed by atoms with Crippen molar-refractivity contribution in [2.45, 2.75) is 28.9 Å². The van der Waals surface area contributed by atoms with Gasteiger partial charge in [0.1, 0.15) is 5.03 Å². The normalized spacial score (nSPS) is 11.6. The van der Waals surface area contributed by atoms with Crippen LogP contribution in [0.25, 0.3) is 11.0 Å². The number of hydrogen-bond acceptors (Lipinski definition) is 5. The second-order valence-electron chi connectivity index (χ2n) is 6.08. The van der Waals surface area contributed by atoms with Crippen LogP contribution in [0.4, 0.5) is 13.2 Å². The Labute approximate surface area is 167 Å². The Morgan fingerprint density at radius 1 is 1.14 bits per heavy atom. The summed E-state index contributed by atoms with van der Waals surface area (Å²) in [6, 6.07) is 12.9. The van der Waals surface area contributed by atoms with E-state index in [2.05, 4.69) is 4.98 Å². The number of nitrogens with zero attached hydrogens (tertiary/aromatic N) is 2. The summed E-state index contributed by atoms with van der Waals surface area (Å²) < 4.78 is 40.1. The van der Waals surface area contributed by atoms with Gasteiger partial charge in [-0.25, -0.2) is 4.98 Å². The first kappa shape index (κ1) is 20.6. The van der Waals surface area contributed by atoms with E-state index in [9.17, 15) is 18.0 Å². The fraction of sp³-hybridized carbons (Fsp3) is 0.158. The van der Waals surface area contributed by atoms with Crippen LogP contribution in [0, 0.1) is 10.8 Å². The summed E-state index contributed by atoms with van der Waals surface area (Å²) in [5.41, 5.74) is 0.528. The van der Waals surface area contributed by atoms with Gasteiger partial charge in [-0.05, 0) is 36.2 Å². The van der Waals surface area contributed by atoms with Crippen LogP contribution in [-0.4, -0.2) is 32.6 Å². The van der Waals surface area contributed by atoms with Crippen LogP contribution in [-0.2, 0) is 11.2 Å². The van der Waals surface area contributed by atoms with E-state index < -0.39 is 23.5 Å². The monoisotopic (exact) mass is 420 g/mol. The number of aliphatic carboxylic acids is 1. The lowest BCUT2D eigenvalue weighted by molar-refractivity contribution is -0.136. The molecule has 0 aliphatic rings. The molecule has 0 unspecified atom stereocenters. The molecule has 10 heteroatoms. The van der Waals surface area contributed by atoms with E-state index in [0.29, 0.717) is 15.9 Å². The molecule has 0 aliphatic heterocycles. The number of nitrogens with one attached hydrogen (secondary N) is 2. The molecule has 0 saturated carbocycles. The van der Waals surface area contributed by atoms with Gasteiger partial charge >= 0.3 is 12.1 Å². The molecule has 6 nitrogen and oxygen atoms in total. The van der Waals surface area contributed by atoms with Crippen LogP contribution in [0.15, 0.2) is 58.5 Å². The third-order valence-electron chi connectivity index (χ3n) is 4.03. The number of rotatable bonds is 5. The maximum absolute atomic E-state index is 13.2. The zero-order chi connectivity index (χ0) is 21.2. The zero-order valence-electron chi connectivity index (χ0n) is 14.8. The number of para-hydroxylation sites is 2. The van der Waals surface area contributed by atoms with Gasteiger partial charge in [0.25, 0.3) is 0 Å². The highest BCUT2D eigenvalue weighted by Crippen LogP contribution is 2.27. The molecule has 3 rings (SSSR count). The molecule has 1 heterocycles. The van der Waals surface area contributed by atoms with Gasteiger partial charge in [-0.15, -0.1) is 0 Å². The highest BCUT2D eigenvalue weighted by Gasteiger charge is 2.37. The Morgan fingerprint density at radius 2 is 1.79 bits per heavy atom. The third kappa shape index (κ3) is 4.65. The third-order valence-corrected chi connectivity index (χ3v) is 5.01. The summed E-state index contributed by atoms with van der Waals surface area (Å²) in [5.74, 6) is -2.56. The molecule has 2 aromatic carbocycles. The quantitative estimate of drug-likeness (QED) is 0.428. The Bertz CT molecular complexity index is 1140. The summed E-state index contributed by atoms with van der Waals surface area (Å²) in [4.78, 5) is 15.6. The van der Waals surface area contributed by atoms with E-state index >= 15 is 0 Å². The van der Waals surface area contributed by atoms with Crippen LogP contribution in [0.2, 0.25) is 0 Å². The summed E-state index contributed by atoms with van der Waals surface area (Å²) in [7, 11) is 0. The zero-order valence-corrected chi connectivity index (χ0v) is 15.6. The number of alkyl halides is 3. The van der Waals surface area contributed by atoms with E-state index in [-0.39, 0.29) is 22.5 Å². The second-order valence-corrected chi connectivity index (χ2v) is 7.14. The van der Waals surface area contributed by atoms with Crippen LogP contribution in [0.3, 0.4) is 0 Å². The fourth-order valence-electron chi connectivity index (χ4n) is 2.64. The summed E-state index contributed by atoms with van der Waals surface area (Å²) in [5, 5.41) is 24.5. The molecule has 0 spiro atoms. The predicted molar refractivity (Wildman–Crippen MR) is 101 cm³/mol. The summed E-state index contributed by atoms with van der Waals surface area (Å²) in [6.07, 6.45) is -4.56. The van der Waals surface area contributed by atoms with Crippen molar-refractivity contribution in [2.75, 3.05) is 0 Å². The topological polar surface area (TPSA) is 103 Å². The lowest BCUT2D eigenvalue weighted by Gasteiger charge is -2.16. The predicted octanol–water partition coefficient (Wildman–Crippen LogP) is 4.07. The van der Waals surface area contributed by atoms with Crippen molar-refractivity contribution in [2.24, 2.45) is 0 Å². The van der Waals surface area contributed by atoms with Gasteiger partial charge in [-0.1, -0.05) is 36.0 Å². The lowest BCUT2D eigenvalue weighted by Crippen LogP contribution is -2.38. The van der Waals surface area contributed by atoms with Crippen LogP contribution >= 0.6 is 11.8 Å². The minimum atomic E-state index is -4.92. The first-order valence-electron chi connectivity index (χ1n) is 8.38. The van der Waals surface area contributed by atoms with E-state index in [0.717, 1.165) is 17.3 Å².